The van der Waals surface area contributed by atoms with Gasteiger partial charge in [-0.1, -0.05) is 0 Å². The van der Waals surface area contributed by atoms with Crippen LogP contribution in [0.25, 0.3) is 0 Å². The molecule has 13 atom stereocenters. The molecule has 4 saturated heterocycles. The molecule has 0 spiro atoms. The molecule has 4 aliphatic heterocycles. The maximum absolute atomic E-state index is 14.7. The topological polar surface area (TPSA) is 631 Å². The molecule has 0 aromatic carbocycles. The lowest BCUT2D eigenvalue weighted by Gasteiger charge is -2.33. The molecule has 27 N–H and O–H groups in total. The number of hydroxylamine groups is 1. The van der Waals surface area contributed by atoms with Gasteiger partial charge in [-0.15, -0.1) is 0 Å². The summed E-state index contributed by atoms with van der Waals surface area (Å²) in [5.74, 6) is -8.31. The Kier molecular flexibility index (Phi) is 46.8. The third-order valence-corrected chi connectivity index (χ3v) is 19.9. The minimum absolute atomic E-state index is 0.0182. The summed E-state index contributed by atoms with van der Waals surface area (Å²) in [4.78, 5) is 180. The van der Waals surface area contributed by atoms with Gasteiger partial charge in [0.05, 0.1) is 51.8 Å². The predicted molar refractivity (Wildman–Crippen MR) is 416 cm³/mol. The van der Waals surface area contributed by atoms with E-state index in [0.717, 1.165) is 6.42 Å². The number of rotatable bonds is 57. The first-order valence-electron chi connectivity index (χ1n) is 40.2. The lowest BCUT2D eigenvalue weighted by molar-refractivity contribution is -0.148. The van der Waals surface area contributed by atoms with Crippen LogP contribution in [0.15, 0.2) is 0 Å². The molecular formula is C72H133N23O18. The molecule has 0 bridgehead atoms. The van der Waals surface area contributed by atoms with E-state index in [9.17, 15) is 67.7 Å². The molecule has 0 aliphatic carbocycles. The number of nitrogens with one attached hydrogen (secondary N) is 13. The summed E-state index contributed by atoms with van der Waals surface area (Å²) in [5.41, 5.74) is 37.3. The highest BCUT2D eigenvalue weighted by Crippen LogP contribution is 2.29. The van der Waals surface area contributed by atoms with Gasteiger partial charge in [0.15, 0.2) is 11.9 Å². The van der Waals surface area contributed by atoms with E-state index < -0.39 is 156 Å². The summed E-state index contributed by atoms with van der Waals surface area (Å²) in [7, 11) is 0. The molecule has 0 saturated carbocycles. The van der Waals surface area contributed by atoms with Crippen LogP contribution in [0.2, 0.25) is 0 Å². The van der Waals surface area contributed by atoms with Gasteiger partial charge >= 0.3 is 0 Å². The van der Waals surface area contributed by atoms with E-state index in [0.29, 0.717) is 124 Å². The predicted octanol–water partition coefficient (Wildman–Crippen LogP) is -6.53. The number of nitrogens with two attached hydrogens (primary N) is 6. The number of aliphatic hydroxyl groups is 2. The maximum atomic E-state index is 14.7. The number of ether oxygens (including phenoxy) is 3. The molecule has 2 unspecified atom stereocenters. The van der Waals surface area contributed by atoms with Gasteiger partial charge in [0.1, 0.15) is 66.5 Å². The number of guanidine groups is 2. The quantitative estimate of drug-likeness (QED) is 0.0117. The Labute approximate surface area is 662 Å². The third-order valence-electron chi connectivity index (χ3n) is 19.9. The number of likely N-dealkylation sites (tertiary alicyclic amines) is 4. The lowest BCUT2D eigenvalue weighted by Crippen LogP contribution is -2.59. The van der Waals surface area contributed by atoms with Crippen molar-refractivity contribution in [1.82, 2.24) is 78.2 Å². The first kappa shape index (κ1) is 97.1. The Morgan fingerprint density at radius 3 is 1.22 bits per heavy atom. The first-order valence-corrected chi connectivity index (χ1v) is 40.2. The fourth-order valence-corrected chi connectivity index (χ4v) is 13.6. The number of unbranched alkanes of at least 4 members (excludes halogenated alkanes) is 3. The average Bonchev–Trinajstić information content (AvgIpc) is 1.67. The van der Waals surface area contributed by atoms with Gasteiger partial charge in [-0.2, -0.15) is 0 Å². The monoisotopic (exact) mass is 1610 g/mol. The molecule has 12 amide bonds. The number of carbonyl (C=O) groups excluding carboxylic acids is 12. The van der Waals surface area contributed by atoms with Crippen molar-refractivity contribution in [2.75, 3.05) is 125 Å². The van der Waals surface area contributed by atoms with Crippen molar-refractivity contribution in [2.45, 2.75) is 247 Å². The van der Waals surface area contributed by atoms with E-state index in [1.54, 1.807) is 0 Å². The van der Waals surface area contributed by atoms with Gasteiger partial charge in [0, 0.05) is 72.1 Å². The lowest BCUT2D eigenvalue weighted by atomic mass is 10.0. The van der Waals surface area contributed by atoms with E-state index in [2.05, 4.69) is 58.6 Å². The molecule has 4 heterocycles. The summed E-state index contributed by atoms with van der Waals surface area (Å²) in [6, 6.07) is -12.8. The van der Waals surface area contributed by atoms with Crippen LogP contribution in [-0.4, -0.2) is 316 Å². The molecule has 644 valence electrons. The number of aliphatic hydroxyl groups excluding tert-OH is 2. The zero-order chi connectivity index (χ0) is 83.2. The van der Waals surface area contributed by atoms with E-state index in [-0.39, 0.29) is 148 Å². The van der Waals surface area contributed by atoms with Crippen LogP contribution in [-0.2, 0) is 76.6 Å². The third kappa shape index (κ3) is 35.2. The molecule has 0 aromatic rings. The second kappa shape index (κ2) is 54.5. The van der Waals surface area contributed by atoms with Crippen molar-refractivity contribution < 1.29 is 86.8 Å². The summed E-state index contributed by atoms with van der Waals surface area (Å²) in [6.07, 6.45) is 4.48. The molecule has 41 nitrogen and oxygen atoms in total. The van der Waals surface area contributed by atoms with Gasteiger partial charge in [0.2, 0.25) is 70.9 Å². The highest BCUT2D eigenvalue weighted by atomic mass is 16.6. The zero-order valence-corrected chi connectivity index (χ0v) is 66.4. The second-order valence-corrected chi connectivity index (χ2v) is 28.9. The molecule has 41 heteroatoms. The Morgan fingerprint density at radius 2 is 0.779 bits per heavy atom. The fourth-order valence-electron chi connectivity index (χ4n) is 13.6. The average molecular weight is 1610 g/mol. The highest BCUT2D eigenvalue weighted by molar-refractivity contribution is 5.99. The van der Waals surface area contributed by atoms with Crippen molar-refractivity contribution in [1.29, 1.82) is 10.8 Å². The normalized spacial score (nSPS) is 19.1. The molecule has 113 heavy (non-hydrogen) atoms. The molecule has 4 rings (SSSR count). The summed E-state index contributed by atoms with van der Waals surface area (Å²) in [5, 5.41) is 62.6. The summed E-state index contributed by atoms with van der Waals surface area (Å²) >= 11 is 0. The maximum Gasteiger partial charge on any atom is 0.246 e. The number of hydrogen-bond donors (Lipinski definition) is 21. The van der Waals surface area contributed by atoms with Crippen LogP contribution < -0.4 is 93.0 Å². The molecule has 4 fully saturated rings. The highest BCUT2D eigenvalue weighted by Gasteiger charge is 2.47. The molecule has 4 aliphatic rings. The minimum Gasteiger partial charge on any atom is -0.391 e. The number of hydrogen-bond acceptors (Lipinski definition) is 25. The van der Waals surface area contributed by atoms with Gasteiger partial charge < -0.3 is 136 Å². The number of carbonyl (C=O) groups is 12. The van der Waals surface area contributed by atoms with Gasteiger partial charge in [-0.05, 0) is 182 Å². The Balaban J connectivity index is 1.50. The SMILES string of the molecule is CCONCCCOCCOCCOCCCNC(=O)CNC(=O)[C@@H](CCCCNC(=O)[C@H](CCCNC(=N)N)NC(=O)[C@@H]1CCCN1C(=O)[C@@H]1CCCN1C(=O)[C@H](CCCCN)NC(=O)[C@@H](N)[C@@H](C)O)NC(=O)[C@H](CCCNC(=N)N)NC(=O)C1CCCN1C(=O)C1CCCN1C(=O)[C@H](CCCCN)NC(=O)[C@@H](N)[C@@H](C)O. The van der Waals surface area contributed by atoms with Crippen LogP contribution in [0.1, 0.15) is 168 Å². The van der Waals surface area contributed by atoms with Gasteiger partial charge in [-0.25, -0.2) is 5.48 Å². The second-order valence-electron chi connectivity index (χ2n) is 28.9. The Bertz CT molecular complexity index is 3000. The fraction of sp³-hybridized carbons (Fsp3) is 0.806. The van der Waals surface area contributed by atoms with E-state index >= 15 is 0 Å². The van der Waals surface area contributed by atoms with E-state index in [4.69, 9.17) is 64.3 Å². The van der Waals surface area contributed by atoms with Crippen molar-refractivity contribution in [3.05, 3.63) is 0 Å². The van der Waals surface area contributed by atoms with Crippen LogP contribution >= 0.6 is 0 Å². The van der Waals surface area contributed by atoms with Crippen molar-refractivity contribution >= 4 is 82.8 Å². The minimum atomic E-state index is -1.36. The van der Waals surface area contributed by atoms with Crippen molar-refractivity contribution in [2.24, 2.45) is 34.4 Å². The Morgan fingerprint density at radius 1 is 0.416 bits per heavy atom. The van der Waals surface area contributed by atoms with Crippen molar-refractivity contribution in [3.8, 4) is 0 Å². The molecule has 0 radical (unpaired) electrons. The van der Waals surface area contributed by atoms with E-state index in [1.807, 2.05) is 6.92 Å². The van der Waals surface area contributed by atoms with Crippen LogP contribution in [0, 0.1) is 10.8 Å². The first-order chi connectivity index (χ1) is 54.2. The summed E-state index contributed by atoms with van der Waals surface area (Å²) < 4.78 is 16.7. The number of nitrogens with zero attached hydrogens (tertiary/aromatic N) is 4. The van der Waals surface area contributed by atoms with Crippen LogP contribution in [0.3, 0.4) is 0 Å². The number of amides is 12. The standard InChI is InChI=1S/C72H133N23O18/c1-4-113-86-34-18-40-111-42-44-112-43-41-110-39-17-33-81-57(98)45-85-61(100)48(87-62(101)50(23-12-32-84-72(79)80)89-64(103)54-25-14-36-93(54)70(109)56-27-16-38-95(56)68(107)52(21-6-9-29-74)91-66(105)59(76)47(3)97)19-7-10-30-82-60(99)49(22-11-31-83-71(77)78)88-63(102)53-24-13-35-92(53)69(108)55-26-15-37-94(55)67(106)51(20-5-8-28-73)90-65(104)58(75)46(2)96/h46-56,58-59,86,96-97H,4-45,73-76H2,1-3H3,(H,81,98)(H,82,99)(H,85,100)(H,87,101)(H,88,102)(H,89,103)(H,90,104)(H,91,105)(H4,77,78,83)(H4,79,80,84)/t46-,47-,48-,49+,50+,51+,52+,53+,54?,55+,56?,58+,59+/m1/s1. The van der Waals surface area contributed by atoms with Crippen LogP contribution in [0.5, 0.6) is 0 Å². The Hall–Kier alpha value is -8.26. The van der Waals surface area contributed by atoms with Gasteiger partial charge in [-0.3, -0.25) is 68.4 Å². The van der Waals surface area contributed by atoms with Crippen LogP contribution in [0.4, 0.5) is 0 Å². The van der Waals surface area contributed by atoms with Gasteiger partial charge in [0.25, 0.3) is 0 Å². The van der Waals surface area contributed by atoms with Crippen molar-refractivity contribution in [3.63, 3.8) is 0 Å². The zero-order valence-electron chi connectivity index (χ0n) is 66.4. The molecule has 0 aromatic heterocycles. The summed E-state index contributed by atoms with van der Waals surface area (Å²) in [6.45, 7) is 9.37. The van der Waals surface area contributed by atoms with E-state index in [1.165, 1.54) is 33.4 Å². The molecular weight excluding hydrogens is 1470 g/mol. The largest absolute Gasteiger partial charge is 0.391 e. The smallest absolute Gasteiger partial charge is 0.246 e.